The van der Waals surface area contributed by atoms with E-state index in [0.29, 0.717) is 12.1 Å². The first-order chi connectivity index (χ1) is 20.2. The number of carbonyl (C=O) groups is 5. The van der Waals surface area contributed by atoms with Crippen molar-refractivity contribution >= 4 is 46.0 Å². The number of benzene rings is 4. The molecule has 1 heterocycles. The molecule has 1 aliphatic heterocycles. The Morgan fingerprint density at radius 2 is 1.45 bits per heavy atom. The number of hydrogen-bond acceptors (Lipinski definition) is 5. The van der Waals surface area contributed by atoms with Crippen molar-refractivity contribution in [3.05, 3.63) is 113 Å². The number of nitrogens with zero attached hydrogens (tertiary/aromatic N) is 1. The van der Waals surface area contributed by atoms with Gasteiger partial charge in [0.15, 0.2) is 0 Å². The van der Waals surface area contributed by atoms with Crippen molar-refractivity contribution in [1.29, 1.82) is 0 Å². The normalized spacial score (nSPS) is 12.6. The Labute approximate surface area is 239 Å². The first-order valence-corrected chi connectivity index (χ1v) is 13.1. The summed E-state index contributed by atoms with van der Waals surface area (Å²) in [7, 11) is 0. The Kier molecular flexibility index (Phi) is 7.91. The van der Waals surface area contributed by atoms with E-state index in [1.807, 2.05) is 36.4 Å². The number of nitrogens with two attached hydrogens (primary N) is 1. The van der Waals surface area contributed by atoms with Crippen LogP contribution < -0.4 is 26.8 Å². The number of anilines is 1. The van der Waals surface area contributed by atoms with Crippen LogP contribution in [-0.4, -0.2) is 35.6 Å². The molecule has 5 rings (SSSR count). The molecular weight excluding hydrogens is 541 g/mol. The lowest BCUT2D eigenvalue weighted by Crippen LogP contribution is -2.52. The summed E-state index contributed by atoms with van der Waals surface area (Å²) in [5.41, 5.74) is 12.4. The Morgan fingerprint density at radius 1 is 0.810 bits per heavy atom. The Morgan fingerprint density at radius 3 is 2.14 bits per heavy atom. The molecule has 4 aromatic rings. The van der Waals surface area contributed by atoms with Crippen molar-refractivity contribution in [3.63, 3.8) is 0 Å². The Bertz CT molecular complexity index is 1700. The average molecular weight is 568 g/mol. The Hall–Kier alpha value is -5.58. The summed E-state index contributed by atoms with van der Waals surface area (Å²) in [6.45, 7) is 0.306. The molecule has 0 aromatic heterocycles. The van der Waals surface area contributed by atoms with Crippen LogP contribution in [0.3, 0.4) is 0 Å². The molecule has 0 fully saturated rings. The van der Waals surface area contributed by atoms with Crippen molar-refractivity contribution in [2.24, 2.45) is 5.73 Å². The number of amides is 5. The van der Waals surface area contributed by atoms with E-state index in [1.54, 1.807) is 29.2 Å². The molecule has 0 spiro atoms. The molecule has 4 aromatic carbocycles. The number of carbonyl (C=O) groups excluding carboxylic acids is 5. The van der Waals surface area contributed by atoms with Gasteiger partial charge in [-0.2, -0.15) is 0 Å². The van der Waals surface area contributed by atoms with Crippen LogP contribution in [-0.2, 0) is 16.1 Å². The highest BCUT2D eigenvalue weighted by atomic mass is 19.1. The summed E-state index contributed by atoms with van der Waals surface area (Å²) in [5, 5.41) is 4.37. The molecule has 212 valence electrons. The van der Waals surface area contributed by atoms with E-state index >= 15 is 0 Å². The van der Waals surface area contributed by atoms with Crippen molar-refractivity contribution < 1.29 is 28.4 Å². The fourth-order valence-electron chi connectivity index (χ4n) is 4.76. The monoisotopic (exact) mass is 567 g/mol. The highest BCUT2D eigenvalue weighted by molar-refractivity contribution is 6.24. The van der Waals surface area contributed by atoms with Crippen molar-refractivity contribution in [1.82, 2.24) is 16.2 Å². The zero-order valence-electron chi connectivity index (χ0n) is 22.2. The second-order valence-corrected chi connectivity index (χ2v) is 9.75. The summed E-state index contributed by atoms with van der Waals surface area (Å²) >= 11 is 0. The fourth-order valence-corrected chi connectivity index (χ4v) is 4.76. The molecule has 5 amide bonds. The minimum atomic E-state index is -1.20. The summed E-state index contributed by atoms with van der Waals surface area (Å²) in [6, 6.07) is 21.4. The molecule has 42 heavy (non-hydrogen) atoms. The highest BCUT2D eigenvalue weighted by Crippen LogP contribution is 2.37. The number of rotatable bonds is 9. The number of hydrazine groups is 1. The average Bonchev–Trinajstić information content (AvgIpc) is 3.26. The van der Waals surface area contributed by atoms with E-state index < -0.39 is 35.5 Å². The maximum Gasteiger partial charge on any atom is 0.269 e. The largest absolute Gasteiger partial charge is 0.370 e. The van der Waals surface area contributed by atoms with Gasteiger partial charge in [-0.3, -0.25) is 34.8 Å². The second kappa shape index (κ2) is 11.9. The van der Waals surface area contributed by atoms with E-state index in [-0.39, 0.29) is 29.9 Å². The van der Waals surface area contributed by atoms with E-state index in [9.17, 15) is 28.4 Å². The second-order valence-electron chi connectivity index (χ2n) is 9.75. The summed E-state index contributed by atoms with van der Waals surface area (Å²) < 4.78 is 13.2. The standard InChI is InChI=1S/C31H26FN5O5/c32-22-13-11-20(12-14-22)28(39)34-24(15-16-26(33)38)30(41)36-35-29(40)21-9-7-18(8-10-21)17-37-25-6-2-4-19-3-1-5-23(27(19)25)31(37)42/h1-14,24H,15-17H2,(H2,33,38)(H,34,39)(H,35,40)(H,36,41)/t24-/m0/s1. The summed E-state index contributed by atoms with van der Waals surface area (Å²) in [4.78, 5) is 64.0. The first-order valence-electron chi connectivity index (χ1n) is 13.1. The third-order valence-electron chi connectivity index (χ3n) is 6.91. The zero-order chi connectivity index (χ0) is 29.8. The molecule has 0 saturated carbocycles. The number of nitrogens with one attached hydrogen (secondary N) is 3. The molecule has 0 unspecified atom stereocenters. The van der Waals surface area contributed by atoms with Gasteiger partial charge >= 0.3 is 0 Å². The quantitative estimate of drug-likeness (QED) is 0.229. The Balaban J connectivity index is 1.20. The molecular formula is C31H26FN5O5. The van der Waals surface area contributed by atoms with E-state index in [0.717, 1.165) is 34.2 Å². The third-order valence-corrected chi connectivity index (χ3v) is 6.91. The predicted molar refractivity (Wildman–Crippen MR) is 153 cm³/mol. The number of primary amides is 1. The topological polar surface area (TPSA) is 151 Å². The van der Waals surface area contributed by atoms with Gasteiger partial charge in [-0.15, -0.1) is 0 Å². The van der Waals surface area contributed by atoms with Gasteiger partial charge in [0.2, 0.25) is 5.91 Å². The molecule has 1 aliphatic rings. The van der Waals surface area contributed by atoms with Gasteiger partial charge in [0.25, 0.3) is 23.6 Å². The maximum absolute atomic E-state index is 13.2. The SMILES string of the molecule is NC(=O)CC[C@H](NC(=O)c1ccc(F)cc1)C(=O)NNC(=O)c1ccc(CN2C(=O)c3cccc4cccc2c34)cc1. The summed E-state index contributed by atoms with van der Waals surface area (Å²) in [5.74, 6) is -3.37. The van der Waals surface area contributed by atoms with Crippen LogP contribution in [0.1, 0.15) is 49.5 Å². The molecule has 5 N–H and O–H groups in total. The lowest BCUT2D eigenvalue weighted by Gasteiger charge is -2.19. The minimum Gasteiger partial charge on any atom is -0.370 e. The maximum atomic E-state index is 13.2. The van der Waals surface area contributed by atoms with Crippen LogP contribution in [0.2, 0.25) is 0 Å². The van der Waals surface area contributed by atoms with Gasteiger partial charge in [-0.25, -0.2) is 4.39 Å². The molecule has 0 aliphatic carbocycles. The van der Waals surface area contributed by atoms with Crippen LogP contribution in [0.5, 0.6) is 0 Å². The molecule has 1 atom stereocenters. The molecule has 11 heteroatoms. The molecule has 0 saturated heterocycles. The molecule has 0 radical (unpaired) electrons. The van der Waals surface area contributed by atoms with Gasteiger partial charge in [-0.1, -0.05) is 36.4 Å². The van der Waals surface area contributed by atoms with Crippen molar-refractivity contribution in [3.8, 4) is 0 Å². The lowest BCUT2D eigenvalue weighted by molar-refractivity contribution is -0.124. The third kappa shape index (κ3) is 5.94. The highest BCUT2D eigenvalue weighted by Gasteiger charge is 2.29. The van der Waals surface area contributed by atoms with Crippen molar-refractivity contribution in [2.45, 2.75) is 25.4 Å². The van der Waals surface area contributed by atoms with Gasteiger partial charge in [0.1, 0.15) is 11.9 Å². The predicted octanol–water partition coefficient (Wildman–Crippen LogP) is 2.96. The minimum absolute atomic E-state index is 0.0938. The zero-order valence-corrected chi connectivity index (χ0v) is 22.2. The van der Waals surface area contributed by atoms with E-state index in [4.69, 9.17) is 5.73 Å². The molecule has 10 nitrogen and oxygen atoms in total. The van der Waals surface area contributed by atoms with Gasteiger partial charge in [-0.05, 0) is 65.9 Å². The van der Waals surface area contributed by atoms with E-state index in [2.05, 4.69) is 16.2 Å². The van der Waals surface area contributed by atoms with Gasteiger partial charge in [0, 0.05) is 28.5 Å². The summed E-state index contributed by atoms with van der Waals surface area (Å²) in [6.07, 6.45) is -0.318. The van der Waals surface area contributed by atoms with Crippen LogP contribution in [0.25, 0.3) is 10.8 Å². The van der Waals surface area contributed by atoms with Gasteiger partial charge in [0.05, 0.1) is 12.2 Å². The van der Waals surface area contributed by atoms with Crippen LogP contribution in [0, 0.1) is 5.82 Å². The molecule has 0 bridgehead atoms. The van der Waals surface area contributed by atoms with Crippen LogP contribution >= 0.6 is 0 Å². The van der Waals surface area contributed by atoms with Gasteiger partial charge < -0.3 is 16.0 Å². The fraction of sp³-hybridized carbons (Fsp3) is 0.129. The van der Waals surface area contributed by atoms with Crippen LogP contribution in [0.4, 0.5) is 10.1 Å². The first kappa shape index (κ1) is 28.0. The van der Waals surface area contributed by atoms with Crippen molar-refractivity contribution in [2.75, 3.05) is 4.90 Å². The van der Waals surface area contributed by atoms with Crippen LogP contribution in [0.15, 0.2) is 84.9 Å². The van der Waals surface area contributed by atoms with E-state index in [1.165, 1.54) is 12.1 Å². The lowest BCUT2D eigenvalue weighted by atomic mass is 10.1. The smallest absolute Gasteiger partial charge is 0.269 e. The number of halogens is 1. The number of hydrogen-bond donors (Lipinski definition) is 4.